The van der Waals surface area contributed by atoms with Gasteiger partial charge in [-0.25, -0.2) is 4.79 Å². The number of methoxy groups -OCH3 is 1. The molecule has 3 aromatic rings. The number of halogens is 1. The molecule has 1 aliphatic rings. The van der Waals surface area contributed by atoms with Crippen LogP contribution in [0.15, 0.2) is 60.9 Å². The number of rotatable bonds is 6. The smallest absolute Gasteiger partial charge is 0.340 e. The summed E-state index contributed by atoms with van der Waals surface area (Å²) in [7, 11) is 4.90. The zero-order valence-electron chi connectivity index (χ0n) is 18.9. The van der Waals surface area contributed by atoms with Crippen molar-refractivity contribution in [3.8, 4) is 16.9 Å². The normalized spacial score (nSPS) is 14.1. The van der Waals surface area contributed by atoms with Crippen LogP contribution in [0.5, 0.6) is 5.75 Å². The molecule has 0 unspecified atom stereocenters. The van der Waals surface area contributed by atoms with Crippen LogP contribution in [0.3, 0.4) is 0 Å². The van der Waals surface area contributed by atoms with E-state index in [0.717, 1.165) is 34.7 Å². The summed E-state index contributed by atoms with van der Waals surface area (Å²) < 4.78 is 10.9. The van der Waals surface area contributed by atoms with E-state index in [1.54, 1.807) is 18.5 Å². The van der Waals surface area contributed by atoms with Gasteiger partial charge in [0.05, 0.1) is 31.2 Å². The summed E-state index contributed by atoms with van der Waals surface area (Å²) >= 11 is 2.17. The van der Waals surface area contributed by atoms with Crippen molar-refractivity contribution in [2.45, 2.75) is 12.3 Å². The number of hydrogen-bond acceptors (Lipinski definition) is 7. The molecule has 34 heavy (non-hydrogen) atoms. The minimum Gasteiger partial charge on any atom is -0.493 e. The van der Waals surface area contributed by atoms with Crippen LogP contribution in [-0.2, 0) is 4.74 Å². The Hall–Kier alpha value is -2.90. The summed E-state index contributed by atoms with van der Waals surface area (Å²) in [6.07, 6.45) is 4.13. The Labute approximate surface area is 216 Å². The number of nitrogens with zero attached hydrogens (tertiary/aromatic N) is 2. The number of benzene rings is 2. The van der Waals surface area contributed by atoms with E-state index in [9.17, 15) is 4.79 Å². The maximum atomic E-state index is 12.0. The van der Waals surface area contributed by atoms with Crippen molar-refractivity contribution in [3.05, 3.63) is 77.6 Å². The van der Waals surface area contributed by atoms with E-state index < -0.39 is 0 Å². The highest BCUT2D eigenvalue weighted by atomic mass is 127. The Morgan fingerprint density at radius 3 is 2.82 bits per heavy atom. The Morgan fingerprint density at radius 1 is 1.26 bits per heavy atom. The van der Waals surface area contributed by atoms with Crippen molar-refractivity contribution in [2.24, 2.45) is 0 Å². The van der Waals surface area contributed by atoms with Crippen LogP contribution in [0.1, 0.15) is 33.8 Å². The van der Waals surface area contributed by atoms with Crippen LogP contribution in [0.4, 0.5) is 17.1 Å². The van der Waals surface area contributed by atoms with E-state index >= 15 is 0 Å². The van der Waals surface area contributed by atoms with Crippen LogP contribution < -0.4 is 15.0 Å². The number of carbonyl (C=O) groups is 1. The number of carbonyl (C=O) groups excluding carboxylic acids is 1. The molecule has 0 saturated heterocycles. The van der Waals surface area contributed by atoms with Gasteiger partial charge in [0.2, 0.25) is 0 Å². The zero-order valence-corrected chi connectivity index (χ0v) is 21.9. The predicted molar refractivity (Wildman–Crippen MR) is 146 cm³/mol. The first kappa shape index (κ1) is 24.2. The van der Waals surface area contributed by atoms with Gasteiger partial charge in [-0.05, 0) is 62.6 Å². The second-order valence-corrected chi connectivity index (χ2v) is 9.44. The fourth-order valence-corrected chi connectivity index (χ4v) is 4.41. The predicted octanol–water partition coefficient (Wildman–Crippen LogP) is 6.01. The number of esters is 1. The second-order valence-electron chi connectivity index (χ2n) is 7.76. The number of hydrogen-bond donors (Lipinski definition) is 1. The molecule has 1 aliphatic heterocycles. The van der Waals surface area contributed by atoms with Gasteiger partial charge in [-0.15, -0.1) is 0 Å². The van der Waals surface area contributed by atoms with E-state index in [-0.39, 0.29) is 11.9 Å². The molecule has 4 rings (SSSR count). The molecule has 2 aromatic carbocycles. The first-order valence-corrected chi connectivity index (χ1v) is 14.1. The molecular weight excluding hydrogens is 561 g/mol. The summed E-state index contributed by atoms with van der Waals surface area (Å²) in [6.45, 7) is 1.31. The second kappa shape index (κ2) is 11.5. The van der Waals surface area contributed by atoms with Gasteiger partial charge in [0, 0.05) is 69.9 Å². The third-order valence-corrected chi connectivity index (χ3v) is 6.64. The number of aromatic nitrogens is 1. The van der Waals surface area contributed by atoms with E-state index in [1.807, 2.05) is 19.2 Å². The van der Waals surface area contributed by atoms with Crippen molar-refractivity contribution in [2.75, 3.05) is 37.5 Å². The molecule has 0 amide bonds. The van der Waals surface area contributed by atoms with Crippen molar-refractivity contribution in [1.82, 2.24) is 4.98 Å². The van der Waals surface area contributed by atoms with E-state index in [4.69, 9.17) is 9.47 Å². The van der Waals surface area contributed by atoms with Gasteiger partial charge in [-0.1, -0.05) is 12.0 Å². The van der Waals surface area contributed by atoms with Crippen LogP contribution in [-0.4, -0.2) is 38.3 Å². The first-order chi connectivity index (χ1) is 16.6. The molecule has 1 N–H and O–H groups in total. The van der Waals surface area contributed by atoms with Crippen LogP contribution in [0.25, 0.3) is 0 Å². The molecule has 174 valence electrons. The lowest BCUT2D eigenvalue weighted by molar-refractivity contribution is 0.0601. The molecule has 0 aliphatic carbocycles. The lowest BCUT2D eigenvalue weighted by Gasteiger charge is -2.28. The molecule has 1 aromatic heterocycles. The lowest BCUT2D eigenvalue weighted by Crippen LogP contribution is -2.22. The molecule has 0 spiro atoms. The highest BCUT2D eigenvalue weighted by Crippen LogP contribution is 2.38. The first-order valence-electron chi connectivity index (χ1n) is 10.8. The summed E-state index contributed by atoms with van der Waals surface area (Å²) in [5.74, 6) is 3.88. The third kappa shape index (κ3) is 5.59. The van der Waals surface area contributed by atoms with Gasteiger partial charge in [-0.3, -0.25) is 4.98 Å². The van der Waals surface area contributed by atoms with Gasteiger partial charge in [0.15, 0.2) is 0 Å². The topological polar surface area (TPSA) is 63.7 Å². The third-order valence-electron chi connectivity index (χ3n) is 5.80. The molecular formula is C26H24IN3O3S. The van der Waals surface area contributed by atoms with Gasteiger partial charge >= 0.3 is 5.97 Å². The monoisotopic (exact) mass is 585 g/mol. The number of fused-ring (bicyclic) bond motifs is 1. The summed E-state index contributed by atoms with van der Waals surface area (Å²) in [4.78, 5) is 18.3. The number of pyridine rings is 1. The van der Waals surface area contributed by atoms with E-state index in [2.05, 4.69) is 77.9 Å². The molecule has 8 heteroatoms. The average molecular weight is 585 g/mol. The summed E-state index contributed by atoms with van der Waals surface area (Å²) in [5, 5.41) is 6.39. The molecule has 0 fully saturated rings. The largest absolute Gasteiger partial charge is 0.493 e. The van der Waals surface area contributed by atoms with Gasteiger partial charge in [-0.2, -0.15) is 0 Å². The Morgan fingerprint density at radius 2 is 2.06 bits per heavy atom. The molecule has 1 atom stereocenters. The molecule has 0 bridgehead atoms. The summed E-state index contributed by atoms with van der Waals surface area (Å²) in [6, 6.07) is 16.2. The SMILES string of the molecule is COC(=O)c1ccncc1NC[C@@H]1CCOc2cc(N(C)c3ccc(C#CSI)cc3)ccc21. The van der Waals surface area contributed by atoms with Gasteiger partial charge < -0.3 is 19.7 Å². The van der Waals surface area contributed by atoms with Gasteiger partial charge in [0.25, 0.3) is 0 Å². The van der Waals surface area contributed by atoms with Crippen LogP contribution in [0.2, 0.25) is 0 Å². The highest BCUT2D eigenvalue weighted by Gasteiger charge is 2.23. The minimum absolute atomic E-state index is 0.252. The van der Waals surface area contributed by atoms with Crippen molar-refractivity contribution < 1.29 is 14.3 Å². The molecule has 0 saturated carbocycles. The molecule has 0 radical (unpaired) electrons. The molecule has 6 nitrogen and oxygen atoms in total. The Balaban J connectivity index is 1.49. The highest BCUT2D eigenvalue weighted by molar-refractivity contribution is 14.2. The maximum Gasteiger partial charge on any atom is 0.340 e. The average Bonchev–Trinajstić information content (AvgIpc) is 2.90. The van der Waals surface area contributed by atoms with Crippen molar-refractivity contribution in [3.63, 3.8) is 0 Å². The Kier molecular flexibility index (Phi) is 8.19. The standard InChI is InChI=1S/C26H24IN3O3S/c1-30(20-5-3-18(4-6-20)11-14-34-27)21-7-8-22-19(10-13-33-25(22)15-21)16-29-24-17-28-12-9-23(24)26(31)32-2/h3-9,12,15,17,19,29H,10,13,16H2,1-2H3/t19-/m0/s1. The minimum atomic E-state index is -0.381. The Bertz CT molecular complexity index is 1220. The molecule has 2 heterocycles. The van der Waals surface area contributed by atoms with Crippen LogP contribution in [0, 0.1) is 11.2 Å². The van der Waals surface area contributed by atoms with E-state index in [1.165, 1.54) is 16.0 Å². The number of ether oxygens (including phenoxy) is 2. The quantitative estimate of drug-likeness (QED) is 0.216. The number of anilines is 3. The van der Waals surface area contributed by atoms with Gasteiger partial charge in [0.1, 0.15) is 5.75 Å². The summed E-state index contributed by atoms with van der Waals surface area (Å²) in [5.41, 5.74) is 5.43. The number of nitrogens with one attached hydrogen (secondary N) is 1. The zero-order chi connectivity index (χ0) is 23.9. The lowest BCUT2D eigenvalue weighted by atomic mass is 9.92. The van der Waals surface area contributed by atoms with Crippen molar-refractivity contribution in [1.29, 1.82) is 0 Å². The van der Waals surface area contributed by atoms with Crippen LogP contribution >= 0.6 is 30.1 Å². The van der Waals surface area contributed by atoms with Crippen molar-refractivity contribution >= 4 is 53.2 Å². The maximum absolute atomic E-state index is 12.0. The van der Waals surface area contributed by atoms with E-state index in [0.29, 0.717) is 24.4 Å². The fraction of sp³-hybridized carbons (Fsp3) is 0.231. The fourth-order valence-electron chi connectivity index (χ4n) is 3.92.